The zero-order chi connectivity index (χ0) is 101. The van der Waals surface area contributed by atoms with Crippen molar-refractivity contribution in [3.05, 3.63) is 318 Å². The molecule has 0 amide bonds. The van der Waals surface area contributed by atoms with Gasteiger partial charge < -0.3 is 0 Å². The molecule has 0 radical (unpaired) electrons. The standard InChI is InChI=1S/C19H24N.2C17H22N.C16H20N.2C15H18N/c1-14-8-4-7-11-17(14)19-12-15(2)18(13-20(19)3)16-9-5-6-10-16;1-11-9-7-8-10-16(11)17-14(4)12(2)13(3)15(5)18(17)6;1-12(2)15-10-11-17(18(5)14(15)4)16-9-7-6-8-13(16)3;1-11-8-6-7-9-15(11)16-10-12(2)13(3)14(4)17(16)5;1-11-9-13(3)16(4)15(10-11)14-8-6-5-7-12(14)2;1-11-9-10-15(16(4)13(11)3)14-8-6-5-7-12(14)2/h4,7-8,11-13,16H,5-6,9-10H2,1-3H3;7-10H,1-6H3;6-12H,1-5H3;6-10H,1-5H3;2*5-10H,1-4H3/q6*+1/i16D;3D3,5D3;1D3,4D3,12D;3D3,4D3;3D3;1D3,3D3. The number of hydrogen-bond acceptors (Lipinski definition) is 0. The lowest BCUT2D eigenvalue weighted by Crippen LogP contribution is -2.37. The highest BCUT2D eigenvalue weighted by Crippen LogP contribution is 2.37. The highest BCUT2D eigenvalue weighted by Gasteiger charge is 2.26. The Balaban J connectivity index is 0.000000198. The molecule has 544 valence electrons. The quantitative estimate of drug-likeness (QED) is 0.135. The lowest BCUT2D eigenvalue weighted by atomic mass is 9.93. The second kappa shape index (κ2) is 36.3. The first-order valence-corrected chi connectivity index (χ1v) is 35.5. The highest BCUT2D eigenvalue weighted by molar-refractivity contribution is 5.67. The largest absolute Gasteiger partial charge is 0.215 e. The molecule has 0 aliphatic heterocycles. The molecule has 0 bridgehead atoms. The van der Waals surface area contributed by atoms with Crippen LogP contribution in [0.4, 0.5) is 0 Å². The molecule has 1 aliphatic carbocycles. The van der Waals surface area contributed by atoms with Crippen molar-refractivity contribution >= 4 is 0 Å². The van der Waals surface area contributed by atoms with Gasteiger partial charge in [0, 0.05) is 177 Å². The Morgan fingerprint density at radius 2 is 0.762 bits per heavy atom. The fraction of sp³-hybridized carbons (Fsp3) is 0.333. The lowest BCUT2D eigenvalue weighted by molar-refractivity contribution is -0.667. The molecule has 1 saturated carbocycles. The van der Waals surface area contributed by atoms with Crippen molar-refractivity contribution in [2.24, 2.45) is 42.3 Å². The van der Waals surface area contributed by atoms with Crippen LogP contribution in [0.1, 0.15) is 208 Å². The van der Waals surface area contributed by atoms with Crippen LogP contribution in [0.3, 0.4) is 0 Å². The zero-order valence-corrected chi connectivity index (χ0v) is 64.6. The molecule has 0 spiro atoms. The summed E-state index contributed by atoms with van der Waals surface area (Å²) in [7, 11) is 10.3. The van der Waals surface area contributed by atoms with Crippen LogP contribution in [0, 0.1) is 131 Å². The first-order valence-electron chi connectivity index (χ1n) is 50.0. The van der Waals surface area contributed by atoms with Gasteiger partial charge in [0.1, 0.15) is 42.3 Å². The maximum absolute atomic E-state index is 8.76. The molecule has 6 aromatic carbocycles. The topological polar surface area (TPSA) is 23.3 Å². The minimum atomic E-state index is -2.65. The summed E-state index contributed by atoms with van der Waals surface area (Å²) in [6.45, 7) is 0.192. The monoisotopic (exact) mass is 1430 g/mol. The molecule has 1 aliphatic rings. The maximum atomic E-state index is 8.76. The number of rotatable bonds is 8. The third-order valence-corrected chi connectivity index (χ3v) is 20.0. The van der Waals surface area contributed by atoms with Crippen LogP contribution in [0.2, 0.25) is 0 Å². The van der Waals surface area contributed by atoms with Gasteiger partial charge in [-0.05, 0) is 226 Å². The van der Waals surface area contributed by atoms with Crippen LogP contribution in [0.15, 0.2) is 200 Å². The summed E-state index contributed by atoms with van der Waals surface area (Å²) in [5, 5.41) is 0. The number of nitrogens with zero attached hydrogens (tertiary/aromatic N) is 6. The van der Waals surface area contributed by atoms with Crippen molar-refractivity contribution in [2.75, 3.05) is 0 Å². The summed E-state index contributed by atoms with van der Waals surface area (Å²) in [5.74, 6) is -2.40. The Kier molecular flexibility index (Phi) is 17.0. The Hall–Kier alpha value is -9.78. The van der Waals surface area contributed by atoms with Crippen LogP contribution in [0.5, 0.6) is 0 Å². The molecular formula is C99H124N6+6. The number of aryl methyl sites for hydroxylation is 12. The van der Waals surface area contributed by atoms with Gasteiger partial charge in [0.25, 0.3) is 0 Å². The summed E-state index contributed by atoms with van der Waals surface area (Å²) in [6.07, 6.45) is 6.56. The normalized spacial score (nSPS) is 17.7. The second-order valence-corrected chi connectivity index (χ2v) is 27.5. The van der Waals surface area contributed by atoms with E-state index in [9.17, 15) is 0 Å². The lowest BCUT2D eigenvalue weighted by Gasteiger charge is -2.13. The Bertz CT molecular complexity index is 6250. The average Bonchev–Trinajstić information content (AvgIpc) is 0.855. The first-order chi connectivity index (χ1) is 61.4. The Morgan fingerprint density at radius 3 is 1.22 bits per heavy atom. The molecule has 6 heterocycles. The summed E-state index contributed by atoms with van der Waals surface area (Å²) < 4.78 is 236. The maximum Gasteiger partial charge on any atom is 0.215 e. The predicted molar refractivity (Wildman–Crippen MR) is 444 cm³/mol. The molecule has 6 nitrogen and oxygen atoms in total. The van der Waals surface area contributed by atoms with Crippen LogP contribution < -0.4 is 27.4 Å². The third kappa shape index (κ3) is 19.0. The van der Waals surface area contributed by atoms with Gasteiger partial charge in [0.05, 0.1) is 0 Å². The van der Waals surface area contributed by atoms with Crippen LogP contribution in [0.25, 0.3) is 67.5 Å². The van der Waals surface area contributed by atoms with Crippen molar-refractivity contribution in [2.45, 2.75) is 182 Å². The minimum absolute atomic E-state index is 0.00710. The number of hydrogen-bond donors (Lipinski definition) is 0. The summed E-state index contributed by atoms with van der Waals surface area (Å²) in [6, 6.07) is 61.0. The molecule has 0 saturated heterocycles. The molecule has 1 atom stereocenters. The Labute approximate surface area is 674 Å². The molecule has 12 aromatic rings. The predicted octanol–water partition coefficient (Wildman–Crippen LogP) is 21.7. The van der Waals surface area contributed by atoms with E-state index in [4.69, 9.17) is 39.8 Å². The third-order valence-electron chi connectivity index (χ3n) is 20.0. The molecule has 13 rings (SSSR count). The minimum Gasteiger partial charge on any atom is -0.201 e. The number of benzene rings is 6. The van der Waals surface area contributed by atoms with Crippen molar-refractivity contribution < 1.29 is 67.2 Å². The van der Waals surface area contributed by atoms with Crippen molar-refractivity contribution in [3.63, 3.8) is 0 Å². The molecule has 1 unspecified atom stereocenters. The number of aromatic nitrogens is 6. The van der Waals surface area contributed by atoms with Gasteiger partial charge in [-0.3, -0.25) is 0 Å². The molecule has 6 aromatic heterocycles. The van der Waals surface area contributed by atoms with E-state index in [1.165, 1.54) is 78.1 Å². The van der Waals surface area contributed by atoms with Crippen LogP contribution in [-0.2, 0) is 42.3 Å². The molecule has 6 heteroatoms. The fourth-order valence-electron chi connectivity index (χ4n) is 13.4. The van der Waals surface area contributed by atoms with E-state index in [1.807, 2.05) is 183 Å². The van der Waals surface area contributed by atoms with E-state index in [0.29, 0.717) is 33.9 Å². The molecular weight excluding hydrogens is 1270 g/mol. The van der Waals surface area contributed by atoms with E-state index in [-0.39, 0.29) is 50.9 Å². The van der Waals surface area contributed by atoms with E-state index in [0.717, 1.165) is 91.0 Å². The van der Waals surface area contributed by atoms with Crippen molar-refractivity contribution in [1.29, 1.82) is 0 Å². The fourth-order valence-corrected chi connectivity index (χ4v) is 13.4. The van der Waals surface area contributed by atoms with Gasteiger partial charge in [-0.2, -0.15) is 22.8 Å². The van der Waals surface area contributed by atoms with E-state index < -0.39 is 67.6 Å². The van der Waals surface area contributed by atoms with Crippen molar-refractivity contribution in [3.8, 4) is 67.5 Å². The zero-order valence-electron chi connectivity index (χ0n) is 93.6. The van der Waals surface area contributed by atoms with Gasteiger partial charge >= 0.3 is 0 Å². The van der Waals surface area contributed by atoms with E-state index >= 15 is 0 Å². The molecule has 0 N–H and O–H groups in total. The second-order valence-electron chi connectivity index (χ2n) is 27.5. The summed E-state index contributed by atoms with van der Waals surface area (Å²) in [5.41, 5.74) is 22.0. The first kappa shape index (κ1) is 49.1. The van der Waals surface area contributed by atoms with Crippen LogP contribution >= 0.6 is 0 Å². The van der Waals surface area contributed by atoms with Crippen LogP contribution in [-0.4, -0.2) is 0 Å². The summed E-state index contributed by atoms with van der Waals surface area (Å²) in [4.78, 5) is 0. The van der Waals surface area contributed by atoms with Gasteiger partial charge in [0.15, 0.2) is 34.7 Å². The molecule has 1 fully saturated rings. The van der Waals surface area contributed by atoms with Crippen molar-refractivity contribution in [1.82, 2.24) is 0 Å². The number of pyridine rings is 6. The van der Waals surface area contributed by atoms with Gasteiger partial charge in [-0.15, -0.1) is 0 Å². The van der Waals surface area contributed by atoms with E-state index in [2.05, 4.69) is 62.0 Å². The SMILES string of the molecule is [2H]C([2H])([2H])c1c(C([2H])(C)C([2H])([2H])[2H])ccc(-c2ccccc2C)[n+]1C.[2H]C([2H])([2H])c1c(C)c(C)c(-c2ccccc2C)[n+](C)c1C([2H])([2H])[2H].[2H]C([2H])([2H])c1c(C)cc(-c2ccccc2C)[n+](C)c1C([2H])([2H])[2H].[2H]C([2H])([2H])c1cc(C)cc(-c2ccccc2C)[n+]1C.[2H]C([2H])([2H])c1ccc(-c2ccccc2C)[n+](C)c1C([2H])([2H])[2H].[2H]C1(c2c[n+](C)c(-c3ccccc3C)cc2C)CCCC1. The highest BCUT2D eigenvalue weighted by atomic mass is 15.0. The Morgan fingerprint density at radius 1 is 0.343 bits per heavy atom. The smallest absolute Gasteiger partial charge is 0.201 e. The van der Waals surface area contributed by atoms with Gasteiger partial charge in [0.2, 0.25) is 34.2 Å². The summed E-state index contributed by atoms with van der Waals surface area (Å²) >= 11 is 0. The van der Waals surface area contributed by atoms with E-state index in [1.54, 1.807) is 70.9 Å². The molecule has 105 heavy (non-hydrogen) atoms. The van der Waals surface area contributed by atoms with Gasteiger partial charge in [-0.25, -0.2) is 4.57 Å². The average molecular weight is 1430 g/mol. The van der Waals surface area contributed by atoms with Gasteiger partial charge in [-0.1, -0.05) is 136 Å².